The van der Waals surface area contributed by atoms with E-state index in [1.165, 1.54) is 0 Å². The zero-order valence-electron chi connectivity index (χ0n) is 12.6. The Morgan fingerprint density at radius 3 is 3.09 bits per heavy atom. The molecule has 1 aliphatic rings. The molecule has 4 rings (SSSR count). The van der Waals surface area contributed by atoms with Crippen molar-refractivity contribution in [2.75, 3.05) is 11.9 Å². The van der Waals surface area contributed by atoms with Crippen LogP contribution in [0.3, 0.4) is 0 Å². The molecular weight excluding hydrogens is 300 g/mol. The van der Waals surface area contributed by atoms with Crippen molar-refractivity contribution in [1.82, 2.24) is 24.4 Å². The van der Waals surface area contributed by atoms with Crippen molar-refractivity contribution >= 4 is 21.4 Å². The number of nitrogens with one attached hydrogen (secondary N) is 1. The van der Waals surface area contributed by atoms with Gasteiger partial charge in [0.2, 0.25) is 10.1 Å². The van der Waals surface area contributed by atoms with Gasteiger partial charge in [-0.2, -0.15) is 5.10 Å². The van der Waals surface area contributed by atoms with E-state index in [0.717, 1.165) is 40.8 Å². The standard InChI is InChI=1S/C14H18N6OS/c1-9-7-20-14(16-9)22-13(18-20)17-11-4-3-5-21-12(11)10-6-15-19(2)8-10/h6-8,11-12H,3-5H2,1-2H3,(H,17,18)/t11-,12+/m0/s1. The van der Waals surface area contributed by atoms with Gasteiger partial charge in [0.1, 0.15) is 6.10 Å². The lowest BCUT2D eigenvalue weighted by Crippen LogP contribution is -2.33. The minimum Gasteiger partial charge on any atom is -0.371 e. The molecule has 0 spiro atoms. The van der Waals surface area contributed by atoms with Gasteiger partial charge in [-0.25, -0.2) is 9.50 Å². The van der Waals surface area contributed by atoms with Crippen molar-refractivity contribution in [2.24, 2.45) is 7.05 Å². The van der Waals surface area contributed by atoms with Gasteiger partial charge in [0.25, 0.3) is 0 Å². The molecule has 22 heavy (non-hydrogen) atoms. The van der Waals surface area contributed by atoms with E-state index in [1.807, 2.05) is 41.8 Å². The van der Waals surface area contributed by atoms with Crippen molar-refractivity contribution in [3.63, 3.8) is 0 Å². The fraction of sp³-hybridized carbons (Fsp3) is 0.500. The molecule has 8 heteroatoms. The largest absolute Gasteiger partial charge is 0.371 e. The fourth-order valence-corrected chi connectivity index (χ4v) is 3.76. The van der Waals surface area contributed by atoms with Gasteiger partial charge in [0, 0.05) is 25.4 Å². The molecule has 0 aliphatic carbocycles. The normalized spacial score (nSPS) is 22.3. The lowest BCUT2D eigenvalue weighted by molar-refractivity contribution is 0.00559. The highest BCUT2D eigenvalue weighted by atomic mass is 32.1. The smallest absolute Gasteiger partial charge is 0.214 e. The number of hydrogen-bond donors (Lipinski definition) is 1. The second-order valence-electron chi connectivity index (χ2n) is 5.65. The summed E-state index contributed by atoms with van der Waals surface area (Å²) in [6.07, 6.45) is 7.95. The number of imidazole rings is 1. The highest BCUT2D eigenvalue weighted by Crippen LogP contribution is 2.31. The Kier molecular flexibility index (Phi) is 3.34. The average Bonchev–Trinajstić information content (AvgIpc) is 3.14. The van der Waals surface area contributed by atoms with Crippen LogP contribution in [-0.2, 0) is 11.8 Å². The van der Waals surface area contributed by atoms with E-state index in [-0.39, 0.29) is 12.1 Å². The summed E-state index contributed by atoms with van der Waals surface area (Å²) in [5, 5.41) is 13.2. The Bertz CT molecular complexity index is 759. The quantitative estimate of drug-likeness (QED) is 0.801. The molecule has 3 aromatic heterocycles. The Labute approximate surface area is 131 Å². The average molecular weight is 318 g/mol. The number of nitrogens with zero attached hydrogens (tertiary/aromatic N) is 5. The van der Waals surface area contributed by atoms with Crippen molar-refractivity contribution in [3.05, 3.63) is 29.8 Å². The predicted octanol–water partition coefficient (Wildman–Crippen LogP) is 2.16. The second kappa shape index (κ2) is 5.36. The van der Waals surface area contributed by atoms with Gasteiger partial charge in [-0.1, -0.05) is 11.3 Å². The first kappa shape index (κ1) is 13.7. The number of fused-ring (bicyclic) bond motifs is 1. The Balaban J connectivity index is 1.57. The van der Waals surface area contributed by atoms with E-state index in [9.17, 15) is 0 Å². The molecule has 1 fully saturated rings. The minimum atomic E-state index is 0.0143. The third kappa shape index (κ3) is 2.48. The molecule has 1 N–H and O–H groups in total. The minimum absolute atomic E-state index is 0.0143. The van der Waals surface area contributed by atoms with Gasteiger partial charge >= 0.3 is 0 Å². The van der Waals surface area contributed by atoms with E-state index in [0.29, 0.717) is 0 Å². The highest BCUT2D eigenvalue weighted by molar-refractivity contribution is 7.20. The molecule has 2 atom stereocenters. The molecule has 0 bridgehead atoms. The second-order valence-corrected chi connectivity index (χ2v) is 6.60. The van der Waals surface area contributed by atoms with Crippen LogP contribution in [0.5, 0.6) is 0 Å². The van der Waals surface area contributed by atoms with Crippen LogP contribution in [0.15, 0.2) is 18.6 Å². The molecule has 0 amide bonds. The summed E-state index contributed by atoms with van der Waals surface area (Å²) in [6, 6.07) is 0.204. The van der Waals surface area contributed by atoms with E-state index >= 15 is 0 Å². The number of aromatic nitrogens is 5. The van der Waals surface area contributed by atoms with Gasteiger partial charge in [-0.3, -0.25) is 4.68 Å². The number of aryl methyl sites for hydroxylation is 2. The summed E-state index contributed by atoms with van der Waals surface area (Å²) in [4.78, 5) is 5.35. The fourth-order valence-electron chi connectivity index (χ4n) is 2.87. The lowest BCUT2D eigenvalue weighted by Gasteiger charge is -2.31. The number of ether oxygens (including phenoxy) is 1. The first-order chi connectivity index (χ1) is 10.7. The molecule has 0 aromatic carbocycles. The molecule has 4 heterocycles. The third-order valence-electron chi connectivity index (χ3n) is 3.85. The summed E-state index contributed by atoms with van der Waals surface area (Å²) < 4.78 is 9.61. The SMILES string of the molecule is Cc1cn2nc(N[C@H]3CCCO[C@@H]3c3cnn(C)c3)sc2n1. The van der Waals surface area contributed by atoms with Gasteiger partial charge < -0.3 is 10.1 Å². The summed E-state index contributed by atoms with van der Waals surface area (Å²) >= 11 is 1.57. The molecule has 0 radical (unpaired) electrons. The van der Waals surface area contributed by atoms with Crippen molar-refractivity contribution < 1.29 is 4.74 Å². The third-order valence-corrected chi connectivity index (χ3v) is 4.70. The van der Waals surface area contributed by atoms with Crippen LogP contribution in [0.2, 0.25) is 0 Å². The molecule has 7 nitrogen and oxygen atoms in total. The van der Waals surface area contributed by atoms with Crippen LogP contribution in [0.25, 0.3) is 4.96 Å². The number of anilines is 1. The first-order valence-electron chi connectivity index (χ1n) is 7.38. The summed E-state index contributed by atoms with van der Waals surface area (Å²) in [5.41, 5.74) is 2.09. The van der Waals surface area contributed by atoms with E-state index in [4.69, 9.17) is 4.74 Å². The molecule has 1 saturated heterocycles. The maximum atomic E-state index is 5.98. The van der Waals surface area contributed by atoms with Gasteiger partial charge in [0.15, 0.2) is 0 Å². The zero-order valence-corrected chi connectivity index (χ0v) is 13.4. The van der Waals surface area contributed by atoms with E-state index in [2.05, 4.69) is 20.5 Å². The molecule has 0 unspecified atom stereocenters. The maximum absolute atomic E-state index is 5.98. The van der Waals surface area contributed by atoms with Gasteiger partial charge in [0.05, 0.1) is 24.1 Å². The maximum Gasteiger partial charge on any atom is 0.214 e. The van der Waals surface area contributed by atoms with Crippen LogP contribution < -0.4 is 5.32 Å². The Morgan fingerprint density at radius 2 is 2.32 bits per heavy atom. The van der Waals surface area contributed by atoms with Crippen molar-refractivity contribution in [2.45, 2.75) is 31.9 Å². The van der Waals surface area contributed by atoms with Crippen LogP contribution in [0.4, 0.5) is 5.13 Å². The predicted molar refractivity (Wildman–Crippen MR) is 84.1 cm³/mol. The molecular formula is C14H18N6OS. The summed E-state index contributed by atoms with van der Waals surface area (Å²) in [7, 11) is 1.92. The number of rotatable bonds is 3. The van der Waals surface area contributed by atoms with Crippen LogP contribution in [0.1, 0.15) is 30.2 Å². The first-order valence-corrected chi connectivity index (χ1v) is 8.20. The van der Waals surface area contributed by atoms with Crippen LogP contribution >= 0.6 is 11.3 Å². The topological polar surface area (TPSA) is 69.3 Å². The Hall–Kier alpha value is -1.93. The van der Waals surface area contributed by atoms with E-state index in [1.54, 1.807) is 11.3 Å². The number of hydrogen-bond acceptors (Lipinski definition) is 6. The van der Waals surface area contributed by atoms with E-state index < -0.39 is 0 Å². The molecule has 0 saturated carbocycles. The van der Waals surface area contributed by atoms with Crippen LogP contribution in [-0.4, -0.2) is 37.0 Å². The van der Waals surface area contributed by atoms with Gasteiger partial charge in [-0.05, 0) is 19.8 Å². The van der Waals surface area contributed by atoms with Gasteiger partial charge in [-0.15, -0.1) is 5.10 Å². The van der Waals surface area contributed by atoms with Crippen LogP contribution in [0, 0.1) is 6.92 Å². The monoisotopic (exact) mass is 318 g/mol. The van der Waals surface area contributed by atoms with Crippen molar-refractivity contribution in [1.29, 1.82) is 0 Å². The molecule has 116 valence electrons. The molecule has 3 aromatic rings. The van der Waals surface area contributed by atoms with Crippen molar-refractivity contribution in [3.8, 4) is 0 Å². The summed E-state index contributed by atoms with van der Waals surface area (Å²) in [5.74, 6) is 0. The summed E-state index contributed by atoms with van der Waals surface area (Å²) in [6.45, 7) is 2.76. The molecule has 1 aliphatic heterocycles. The highest BCUT2D eigenvalue weighted by Gasteiger charge is 2.29. The lowest BCUT2D eigenvalue weighted by atomic mass is 9.98. The Morgan fingerprint density at radius 1 is 1.41 bits per heavy atom. The zero-order chi connectivity index (χ0) is 15.1.